The smallest absolute Gasteiger partial charge is 0.326 e. The zero-order chi connectivity index (χ0) is 12.1. The molecule has 1 saturated heterocycles. The molecule has 3 atom stereocenters. The number of carbonyl (C=O) groups excluding carboxylic acids is 1. The minimum absolute atomic E-state index is 0.0807. The van der Waals surface area contributed by atoms with Gasteiger partial charge in [-0.3, -0.25) is 4.79 Å². The van der Waals surface area contributed by atoms with Crippen molar-refractivity contribution in [1.29, 1.82) is 0 Å². The minimum atomic E-state index is -0.985. The second kappa shape index (κ2) is 5.84. The molecule has 1 aliphatic rings. The highest BCUT2D eigenvalue weighted by molar-refractivity contribution is 5.86. The number of rotatable bonds is 5. The van der Waals surface area contributed by atoms with Crippen LogP contribution in [0.5, 0.6) is 0 Å². The number of carboxylic acids is 1. The molecule has 0 aromatic carbocycles. The first kappa shape index (κ1) is 13.0. The number of aliphatic carboxylic acids is 1. The predicted octanol–water partition coefficient (Wildman–Crippen LogP) is 0.781. The highest BCUT2D eigenvalue weighted by atomic mass is 16.5. The maximum absolute atomic E-state index is 11.7. The van der Waals surface area contributed by atoms with Crippen molar-refractivity contribution in [3.8, 4) is 0 Å². The zero-order valence-electron chi connectivity index (χ0n) is 9.73. The first-order valence-electron chi connectivity index (χ1n) is 5.71. The summed E-state index contributed by atoms with van der Waals surface area (Å²) in [5.74, 6) is -1.37. The van der Waals surface area contributed by atoms with Crippen molar-refractivity contribution in [2.45, 2.75) is 45.3 Å². The van der Waals surface area contributed by atoms with Crippen LogP contribution in [0.25, 0.3) is 0 Å². The van der Waals surface area contributed by atoms with Crippen LogP contribution in [0.2, 0.25) is 0 Å². The van der Waals surface area contributed by atoms with Gasteiger partial charge in [-0.2, -0.15) is 0 Å². The molecule has 1 amide bonds. The molecule has 0 aromatic rings. The number of amides is 1. The summed E-state index contributed by atoms with van der Waals surface area (Å²) in [5, 5.41) is 11.6. The van der Waals surface area contributed by atoms with Gasteiger partial charge in [-0.25, -0.2) is 4.79 Å². The van der Waals surface area contributed by atoms with Crippen LogP contribution < -0.4 is 5.32 Å². The van der Waals surface area contributed by atoms with Gasteiger partial charge >= 0.3 is 5.97 Å². The van der Waals surface area contributed by atoms with Crippen molar-refractivity contribution in [3.63, 3.8) is 0 Å². The molecule has 92 valence electrons. The maximum atomic E-state index is 11.7. The Balaban J connectivity index is 2.53. The summed E-state index contributed by atoms with van der Waals surface area (Å²) in [6.45, 7) is 4.30. The summed E-state index contributed by atoms with van der Waals surface area (Å²) in [6, 6.07) is -0.818. The van der Waals surface area contributed by atoms with Crippen molar-refractivity contribution >= 4 is 11.9 Å². The fourth-order valence-electron chi connectivity index (χ4n) is 1.71. The molecule has 16 heavy (non-hydrogen) atoms. The molecule has 1 unspecified atom stereocenters. The Kier molecular flexibility index (Phi) is 4.73. The third-order valence-electron chi connectivity index (χ3n) is 3.00. The molecule has 1 fully saturated rings. The fraction of sp³-hybridized carbons (Fsp3) is 0.818. The minimum Gasteiger partial charge on any atom is -0.480 e. The van der Waals surface area contributed by atoms with Gasteiger partial charge in [-0.05, 0) is 18.8 Å². The standard InChI is InChI=1S/C11H19NO4/c1-3-7(2)9(11(14)15)12-10(13)8-5-4-6-16-8/h7-9H,3-6H2,1-2H3,(H,12,13)(H,14,15)/t7?,8-,9+/m1/s1. The summed E-state index contributed by atoms with van der Waals surface area (Å²) >= 11 is 0. The van der Waals surface area contributed by atoms with Crippen LogP contribution in [-0.4, -0.2) is 35.7 Å². The van der Waals surface area contributed by atoms with Crippen molar-refractivity contribution in [2.75, 3.05) is 6.61 Å². The summed E-state index contributed by atoms with van der Waals surface area (Å²) < 4.78 is 5.20. The van der Waals surface area contributed by atoms with Gasteiger partial charge in [-0.1, -0.05) is 20.3 Å². The second-order valence-corrected chi connectivity index (χ2v) is 4.21. The van der Waals surface area contributed by atoms with E-state index in [0.717, 1.165) is 6.42 Å². The molecule has 5 heteroatoms. The van der Waals surface area contributed by atoms with E-state index in [9.17, 15) is 9.59 Å². The van der Waals surface area contributed by atoms with Crippen LogP contribution in [0.1, 0.15) is 33.1 Å². The second-order valence-electron chi connectivity index (χ2n) is 4.21. The van der Waals surface area contributed by atoms with Gasteiger partial charge in [0, 0.05) is 6.61 Å². The summed E-state index contributed by atoms with van der Waals surface area (Å²) in [5.41, 5.74) is 0. The largest absolute Gasteiger partial charge is 0.480 e. The van der Waals surface area contributed by atoms with E-state index in [2.05, 4.69) is 5.32 Å². The van der Waals surface area contributed by atoms with Gasteiger partial charge in [0.2, 0.25) is 5.91 Å². The van der Waals surface area contributed by atoms with Gasteiger partial charge in [0.25, 0.3) is 0 Å². The molecular weight excluding hydrogens is 210 g/mol. The quantitative estimate of drug-likeness (QED) is 0.730. The van der Waals surface area contributed by atoms with E-state index in [1.807, 2.05) is 13.8 Å². The lowest BCUT2D eigenvalue weighted by Gasteiger charge is -2.21. The molecule has 1 aliphatic heterocycles. The summed E-state index contributed by atoms with van der Waals surface area (Å²) in [7, 11) is 0. The first-order valence-corrected chi connectivity index (χ1v) is 5.71. The molecule has 1 heterocycles. The molecule has 0 aliphatic carbocycles. The van der Waals surface area contributed by atoms with Gasteiger partial charge in [-0.15, -0.1) is 0 Å². The van der Waals surface area contributed by atoms with Crippen LogP contribution >= 0.6 is 0 Å². The topological polar surface area (TPSA) is 75.6 Å². The third kappa shape index (κ3) is 3.20. The highest BCUT2D eigenvalue weighted by Gasteiger charge is 2.30. The summed E-state index contributed by atoms with van der Waals surface area (Å²) in [6.07, 6.45) is 1.78. The SMILES string of the molecule is CCC(C)[C@H](NC(=O)[C@H]1CCCO1)C(=O)O. The maximum Gasteiger partial charge on any atom is 0.326 e. The highest BCUT2D eigenvalue weighted by Crippen LogP contribution is 2.14. The molecule has 0 aromatic heterocycles. The number of hydrogen-bond acceptors (Lipinski definition) is 3. The lowest BCUT2D eigenvalue weighted by Crippen LogP contribution is -2.48. The monoisotopic (exact) mass is 229 g/mol. The Labute approximate surface area is 95.2 Å². The number of carboxylic acid groups (broad SMARTS) is 1. The molecule has 1 rings (SSSR count). The van der Waals surface area contributed by atoms with E-state index in [1.165, 1.54) is 0 Å². The molecule has 0 saturated carbocycles. The zero-order valence-corrected chi connectivity index (χ0v) is 9.73. The number of hydrogen-bond donors (Lipinski definition) is 2. The van der Waals surface area contributed by atoms with Crippen molar-refractivity contribution in [3.05, 3.63) is 0 Å². The van der Waals surface area contributed by atoms with E-state index in [-0.39, 0.29) is 11.8 Å². The Morgan fingerprint density at radius 3 is 2.69 bits per heavy atom. The van der Waals surface area contributed by atoms with Crippen LogP contribution in [0, 0.1) is 5.92 Å². The van der Waals surface area contributed by atoms with Crippen molar-refractivity contribution in [1.82, 2.24) is 5.32 Å². The molecule has 0 bridgehead atoms. The third-order valence-corrected chi connectivity index (χ3v) is 3.00. The van der Waals surface area contributed by atoms with Crippen LogP contribution in [-0.2, 0) is 14.3 Å². The van der Waals surface area contributed by atoms with E-state index >= 15 is 0 Å². The van der Waals surface area contributed by atoms with Gasteiger partial charge < -0.3 is 15.2 Å². The Morgan fingerprint density at radius 1 is 1.56 bits per heavy atom. The van der Waals surface area contributed by atoms with Crippen LogP contribution in [0.4, 0.5) is 0 Å². The Hall–Kier alpha value is -1.10. The average molecular weight is 229 g/mol. The van der Waals surface area contributed by atoms with E-state index < -0.39 is 18.1 Å². The molecule has 0 radical (unpaired) electrons. The Bertz CT molecular complexity index is 261. The molecule has 0 spiro atoms. The van der Waals surface area contributed by atoms with Gasteiger partial charge in [0.1, 0.15) is 12.1 Å². The van der Waals surface area contributed by atoms with Crippen molar-refractivity contribution < 1.29 is 19.4 Å². The van der Waals surface area contributed by atoms with Crippen molar-refractivity contribution in [2.24, 2.45) is 5.92 Å². The fourth-order valence-corrected chi connectivity index (χ4v) is 1.71. The van der Waals surface area contributed by atoms with Gasteiger partial charge in [0.15, 0.2) is 0 Å². The van der Waals surface area contributed by atoms with E-state index in [4.69, 9.17) is 9.84 Å². The summed E-state index contributed by atoms with van der Waals surface area (Å²) in [4.78, 5) is 22.7. The molecule has 5 nitrogen and oxygen atoms in total. The normalized spacial score (nSPS) is 23.8. The number of ether oxygens (including phenoxy) is 1. The lowest BCUT2D eigenvalue weighted by molar-refractivity contribution is -0.145. The van der Waals surface area contributed by atoms with Gasteiger partial charge in [0.05, 0.1) is 0 Å². The first-order chi connectivity index (χ1) is 7.56. The molecular formula is C11H19NO4. The number of carbonyl (C=O) groups is 2. The molecule has 2 N–H and O–H groups in total. The van der Waals surface area contributed by atoms with Crippen LogP contribution in [0.15, 0.2) is 0 Å². The van der Waals surface area contributed by atoms with Crippen LogP contribution in [0.3, 0.4) is 0 Å². The van der Waals surface area contributed by atoms with E-state index in [0.29, 0.717) is 19.4 Å². The predicted molar refractivity (Wildman–Crippen MR) is 58.0 cm³/mol. The number of nitrogens with one attached hydrogen (secondary N) is 1. The van der Waals surface area contributed by atoms with E-state index in [1.54, 1.807) is 0 Å². The Morgan fingerprint density at radius 2 is 2.25 bits per heavy atom. The average Bonchev–Trinajstić information content (AvgIpc) is 2.77. The lowest BCUT2D eigenvalue weighted by atomic mass is 9.99.